The van der Waals surface area contributed by atoms with Crippen molar-refractivity contribution in [2.24, 2.45) is 0 Å². The number of hydrogen-bond acceptors (Lipinski definition) is 4. The Bertz CT molecular complexity index is 556. The lowest BCUT2D eigenvalue weighted by Crippen LogP contribution is -1.96. The van der Waals surface area contributed by atoms with Gasteiger partial charge in [0.25, 0.3) is 0 Å². The number of methoxy groups -OCH3 is 3. The Balaban J connectivity index is 2.63. The number of pyridine rings is 1. The zero-order valence-electron chi connectivity index (χ0n) is 11.6. The van der Waals surface area contributed by atoms with E-state index in [1.807, 2.05) is 31.2 Å². The average Bonchev–Trinajstić information content (AvgIpc) is 2.46. The maximum Gasteiger partial charge on any atom is 0.203 e. The second-order valence-electron chi connectivity index (χ2n) is 4.08. The van der Waals surface area contributed by atoms with Crippen molar-refractivity contribution in [2.75, 3.05) is 21.3 Å². The first-order chi connectivity index (χ1) is 9.21. The van der Waals surface area contributed by atoms with Crippen molar-refractivity contribution in [3.63, 3.8) is 0 Å². The maximum atomic E-state index is 5.35. The predicted octanol–water partition coefficient (Wildman–Crippen LogP) is 3.08. The molecule has 0 N–H and O–H groups in total. The summed E-state index contributed by atoms with van der Waals surface area (Å²) < 4.78 is 16.0. The molecule has 4 heteroatoms. The SMILES string of the molecule is COc1cc(-c2ncccc2C)cc(OC)c1OC. The van der Waals surface area contributed by atoms with E-state index in [9.17, 15) is 0 Å². The molecule has 0 spiro atoms. The fourth-order valence-electron chi connectivity index (χ4n) is 2.01. The highest BCUT2D eigenvalue weighted by molar-refractivity contribution is 5.70. The lowest BCUT2D eigenvalue weighted by atomic mass is 10.1. The highest BCUT2D eigenvalue weighted by Gasteiger charge is 2.15. The van der Waals surface area contributed by atoms with E-state index in [2.05, 4.69) is 4.98 Å². The van der Waals surface area contributed by atoms with Gasteiger partial charge in [-0.3, -0.25) is 4.98 Å². The molecule has 0 saturated heterocycles. The van der Waals surface area contributed by atoms with Crippen LogP contribution in [0.4, 0.5) is 0 Å². The van der Waals surface area contributed by atoms with Gasteiger partial charge in [-0.2, -0.15) is 0 Å². The van der Waals surface area contributed by atoms with Crippen LogP contribution in [0.25, 0.3) is 11.3 Å². The first-order valence-electron chi connectivity index (χ1n) is 5.93. The second-order valence-corrected chi connectivity index (χ2v) is 4.08. The molecule has 1 aromatic carbocycles. The fourth-order valence-corrected chi connectivity index (χ4v) is 2.01. The van der Waals surface area contributed by atoms with Gasteiger partial charge in [0.15, 0.2) is 11.5 Å². The van der Waals surface area contributed by atoms with Crippen molar-refractivity contribution in [2.45, 2.75) is 6.92 Å². The van der Waals surface area contributed by atoms with E-state index < -0.39 is 0 Å². The van der Waals surface area contributed by atoms with E-state index in [1.165, 1.54) is 0 Å². The summed E-state index contributed by atoms with van der Waals surface area (Å²) in [5.41, 5.74) is 2.94. The molecule has 0 radical (unpaired) electrons. The van der Waals surface area contributed by atoms with Gasteiger partial charge < -0.3 is 14.2 Å². The Labute approximate surface area is 113 Å². The van der Waals surface area contributed by atoms with Crippen LogP contribution in [0.15, 0.2) is 30.5 Å². The summed E-state index contributed by atoms with van der Waals surface area (Å²) in [4.78, 5) is 4.40. The zero-order valence-corrected chi connectivity index (χ0v) is 11.6. The van der Waals surface area contributed by atoms with Gasteiger partial charge >= 0.3 is 0 Å². The van der Waals surface area contributed by atoms with Crippen molar-refractivity contribution in [1.82, 2.24) is 4.98 Å². The van der Waals surface area contributed by atoms with Crippen LogP contribution < -0.4 is 14.2 Å². The van der Waals surface area contributed by atoms with E-state index in [-0.39, 0.29) is 0 Å². The molecular weight excluding hydrogens is 242 g/mol. The third-order valence-electron chi connectivity index (χ3n) is 2.95. The molecule has 0 amide bonds. The molecule has 1 heterocycles. The van der Waals surface area contributed by atoms with E-state index in [0.717, 1.165) is 16.8 Å². The van der Waals surface area contributed by atoms with Crippen LogP contribution in [0.5, 0.6) is 17.2 Å². The van der Waals surface area contributed by atoms with E-state index in [4.69, 9.17) is 14.2 Å². The first kappa shape index (κ1) is 13.2. The molecule has 0 aliphatic rings. The molecule has 100 valence electrons. The summed E-state index contributed by atoms with van der Waals surface area (Å²) in [5.74, 6) is 1.84. The van der Waals surface area contributed by atoms with Crippen molar-refractivity contribution in [3.05, 3.63) is 36.0 Å². The van der Waals surface area contributed by atoms with Gasteiger partial charge in [-0.1, -0.05) is 6.07 Å². The third kappa shape index (κ3) is 2.47. The van der Waals surface area contributed by atoms with Gasteiger partial charge in [-0.25, -0.2) is 0 Å². The molecule has 19 heavy (non-hydrogen) atoms. The number of aromatic nitrogens is 1. The Morgan fingerprint density at radius 1 is 0.947 bits per heavy atom. The van der Waals surface area contributed by atoms with Crippen LogP contribution in [0, 0.1) is 6.92 Å². The summed E-state index contributed by atoms with van der Waals surface area (Å²) in [5, 5.41) is 0. The third-order valence-corrected chi connectivity index (χ3v) is 2.95. The van der Waals surface area contributed by atoms with Crippen LogP contribution >= 0.6 is 0 Å². The van der Waals surface area contributed by atoms with Gasteiger partial charge in [0.2, 0.25) is 5.75 Å². The highest BCUT2D eigenvalue weighted by Crippen LogP contribution is 2.41. The van der Waals surface area contributed by atoms with Gasteiger partial charge in [-0.15, -0.1) is 0 Å². The topological polar surface area (TPSA) is 40.6 Å². The first-order valence-corrected chi connectivity index (χ1v) is 5.93. The van der Waals surface area contributed by atoms with Crippen LogP contribution in [-0.2, 0) is 0 Å². The Hall–Kier alpha value is -2.23. The van der Waals surface area contributed by atoms with Crippen LogP contribution in [0.2, 0.25) is 0 Å². The normalized spacial score (nSPS) is 10.1. The lowest BCUT2D eigenvalue weighted by molar-refractivity contribution is 0.324. The molecule has 2 aromatic rings. The van der Waals surface area contributed by atoms with Gasteiger partial charge in [0, 0.05) is 11.8 Å². The minimum Gasteiger partial charge on any atom is -0.493 e. The van der Waals surface area contributed by atoms with Gasteiger partial charge in [0.1, 0.15) is 0 Å². The summed E-state index contributed by atoms with van der Waals surface area (Å²) in [6.45, 7) is 2.02. The lowest BCUT2D eigenvalue weighted by Gasteiger charge is -2.14. The number of nitrogens with zero attached hydrogens (tertiary/aromatic N) is 1. The van der Waals surface area contributed by atoms with Gasteiger partial charge in [-0.05, 0) is 30.7 Å². The monoisotopic (exact) mass is 259 g/mol. The zero-order chi connectivity index (χ0) is 13.8. The molecule has 0 saturated carbocycles. The molecule has 0 atom stereocenters. The van der Waals surface area contributed by atoms with Gasteiger partial charge in [0.05, 0.1) is 27.0 Å². The minimum absolute atomic E-state index is 0.585. The molecule has 0 fully saturated rings. The molecule has 2 rings (SSSR count). The summed E-state index contributed by atoms with van der Waals surface area (Å²) in [6, 6.07) is 7.73. The molecular formula is C15H17NO3. The highest BCUT2D eigenvalue weighted by atomic mass is 16.5. The largest absolute Gasteiger partial charge is 0.493 e. The Morgan fingerprint density at radius 3 is 2.05 bits per heavy atom. The second kappa shape index (κ2) is 5.61. The van der Waals surface area contributed by atoms with Crippen LogP contribution in [0.1, 0.15) is 5.56 Å². The van der Waals surface area contributed by atoms with Crippen molar-refractivity contribution < 1.29 is 14.2 Å². The summed E-state index contributed by atoms with van der Waals surface area (Å²) in [7, 11) is 4.80. The molecule has 0 aliphatic heterocycles. The molecule has 0 bridgehead atoms. The molecule has 0 aliphatic carbocycles. The number of aryl methyl sites for hydroxylation is 1. The van der Waals surface area contributed by atoms with Crippen molar-refractivity contribution >= 4 is 0 Å². The van der Waals surface area contributed by atoms with Crippen molar-refractivity contribution in [3.8, 4) is 28.5 Å². The standard InChI is InChI=1S/C15H17NO3/c1-10-6-5-7-16-14(10)11-8-12(17-2)15(19-4)13(9-11)18-3/h5-9H,1-4H3. The summed E-state index contributed by atoms with van der Waals surface area (Å²) >= 11 is 0. The Kier molecular flexibility index (Phi) is 3.90. The van der Waals surface area contributed by atoms with E-state index >= 15 is 0 Å². The molecule has 0 unspecified atom stereocenters. The average molecular weight is 259 g/mol. The summed E-state index contributed by atoms with van der Waals surface area (Å²) in [6.07, 6.45) is 1.77. The minimum atomic E-state index is 0.585. The Morgan fingerprint density at radius 2 is 1.58 bits per heavy atom. The number of rotatable bonds is 4. The number of benzene rings is 1. The molecule has 1 aromatic heterocycles. The fraction of sp³-hybridized carbons (Fsp3) is 0.267. The quantitative estimate of drug-likeness (QED) is 0.846. The van der Waals surface area contributed by atoms with E-state index in [0.29, 0.717) is 17.2 Å². The maximum absolute atomic E-state index is 5.35. The van der Waals surface area contributed by atoms with Crippen LogP contribution in [0.3, 0.4) is 0 Å². The number of hydrogen-bond donors (Lipinski definition) is 0. The van der Waals surface area contributed by atoms with Crippen LogP contribution in [-0.4, -0.2) is 26.3 Å². The number of ether oxygens (including phenoxy) is 3. The van der Waals surface area contributed by atoms with E-state index in [1.54, 1.807) is 27.5 Å². The predicted molar refractivity (Wildman–Crippen MR) is 74.1 cm³/mol. The van der Waals surface area contributed by atoms with Crippen molar-refractivity contribution in [1.29, 1.82) is 0 Å². The molecule has 4 nitrogen and oxygen atoms in total. The smallest absolute Gasteiger partial charge is 0.203 e.